The number of thioether (sulfide) groups is 1. The fourth-order valence-corrected chi connectivity index (χ4v) is 3.28. The highest BCUT2D eigenvalue weighted by Crippen LogP contribution is 2.36. The van der Waals surface area contributed by atoms with Crippen molar-refractivity contribution in [3.63, 3.8) is 0 Å². The minimum Gasteiger partial charge on any atom is -0.320 e. The van der Waals surface area contributed by atoms with Crippen LogP contribution in [0.5, 0.6) is 0 Å². The van der Waals surface area contributed by atoms with Gasteiger partial charge in [0.1, 0.15) is 0 Å². The van der Waals surface area contributed by atoms with E-state index in [4.69, 9.17) is 11.6 Å². The molecule has 1 aromatic rings. The molecule has 0 aromatic heterocycles. The number of nitriles is 1. The van der Waals surface area contributed by atoms with Crippen LogP contribution in [-0.4, -0.2) is 11.7 Å². The van der Waals surface area contributed by atoms with Gasteiger partial charge in [-0.3, -0.25) is 4.79 Å². The first-order valence-corrected chi connectivity index (χ1v) is 7.84. The molecule has 0 fully saturated rings. The number of allylic oxidation sites excluding steroid dienone is 1. The Bertz CT molecular complexity index is 592. The van der Waals surface area contributed by atoms with Crippen LogP contribution in [0, 0.1) is 11.3 Å². The standard InChI is InChI=1S/C15H15ClN2OS/c1-2-6-20-15-13(9-17)12(8-14(19)18-15)10-4-3-5-11(16)7-10/h3-5,7,12H,2,6,8H2,1H3,(H,18,19)/t12-/m1/s1. The van der Waals surface area contributed by atoms with Gasteiger partial charge in [-0.25, -0.2) is 0 Å². The normalized spacial score (nSPS) is 18.6. The van der Waals surface area contributed by atoms with E-state index in [1.165, 1.54) is 11.8 Å². The van der Waals surface area contributed by atoms with Crippen LogP contribution >= 0.6 is 23.4 Å². The van der Waals surface area contributed by atoms with Crippen LogP contribution in [0.4, 0.5) is 0 Å². The first kappa shape index (κ1) is 15.0. The van der Waals surface area contributed by atoms with Gasteiger partial charge in [-0.05, 0) is 29.9 Å². The SMILES string of the molecule is CCCSC1=C(C#N)[C@@H](c2cccc(Cl)c2)CC(=O)N1. The van der Waals surface area contributed by atoms with Crippen molar-refractivity contribution in [3.8, 4) is 6.07 Å². The summed E-state index contributed by atoms with van der Waals surface area (Å²) in [5.41, 5.74) is 1.55. The van der Waals surface area contributed by atoms with Crippen LogP contribution < -0.4 is 5.32 Å². The average Bonchev–Trinajstić information content (AvgIpc) is 2.44. The lowest BCUT2D eigenvalue weighted by Crippen LogP contribution is -2.30. The maximum atomic E-state index is 11.9. The molecule has 2 rings (SSSR count). The third-order valence-electron chi connectivity index (χ3n) is 3.06. The van der Waals surface area contributed by atoms with Crippen molar-refractivity contribution >= 4 is 29.3 Å². The Hall–Kier alpha value is -1.44. The highest BCUT2D eigenvalue weighted by Gasteiger charge is 2.29. The second kappa shape index (κ2) is 6.83. The molecule has 1 N–H and O–H groups in total. The van der Waals surface area contributed by atoms with E-state index < -0.39 is 0 Å². The minimum absolute atomic E-state index is 0.0485. The monoisotopic (exact) mass is 306 g/mol. The lowest BCUT2D eigenvalue weighted by Gasteiger charge is -2.25. The predicted molar refractivity (Wildman–Crippen MR) is 82.3 cm³/mol. The van der Waals surface area contributed by atoms with Gasteiger partial charge in [0.05, 0.1) is 16.7 Å². The Balaban J connectivity index is 2.40. The number of nitrogens with zero attached hydrogens (tertiary/aromatic N) is 1. The molecule has 104 valence electrons. The molecule has 0 spiro atoms. The third-order valence-corrected chi connectivity index (χ3v) is 4.52. The number of benzene rings is 1. The molecule has 1 aliphatic rings. The lowest BCUT2D eigenvalue weighted by molar-refractivity contribution is -0.120. The number of hydrogen-bond donors (Lipinski definition) is 1. The topological polar surface area (TPSA) is 52.9 Å². The summed E-state index contributed by atoms with van der Waals surface area (Å²) in [6, 6.07) is 9.62. The molecular weight excluding hydrogens is 292 g/mol. The molecule has 3 nitrogen and oxygen atoms in total. The molecule has 0 saturated carbocycles. The zero-order valence-electron chi connectivity index (χ0n) is 11.1. The summed E-state index contributed by atoms with van der Waals surface area (Å²) in [4.78, 5) is 11.9. The number of rotatable bonds is 4. The van der Waals surface area contributed by atoms with E-state index in [1.807, 2.05) is 18.2 Å². The maximum Gasteiger partial charge on any atom is 0.225 e. The van der Waals surface area contributed by atoms with Crippen LogP contribution in [0.15, 0.2) is 34.9 Å². The first-order chi connectivity index (χ1) is 9.65. The number of carbonyl (C=O) groups excluding carboxylic acids is 1. The molecule has 1 atom stereocenters. The Kier molecular flexibility index (Phi) is 5.11. The van der Waals surface area contributed by atoms with E-state index in [-0.39, 0.29) is 11.8 Å². The summed E-state index contributed by atoms with van der Waals surface area (Å²) in [5, 5.41) is 13.6. The molecule has 0 saturated heterocycles. The molecule has 1 aliphatic heterocycles. The second-order valence-corrected chi connectivity index (χ2v) is 6.10. The number of carbonyl (C=O) groups is 1. The third kappa shape index (κ3) is 3.36. The Morgan fingerprint density at radius 2 is 2.35 bits per heavy atom. The van der Waals surface area contributed by atoms with Crippen LogP contribution in [0.1, 0.15) is 31.2 Å². The van der Waals surface area contributed by atoms with Crippen LogP contribution in [0.2, 0.25) is 5.02 Å². The molecule has 0 bridgehead atoms. The molecule has 20 heavy (non-hydrogen) atoms. The zero-order chi connectivity index (χ0) is 14.5. The predicted octanol–water partition coefficient (Wildman–Crippen LogP) is 3.82. The smallest absolute Gasteiger partial charge is 0.225 e. The van der Waals surface area contributed by atoms with Crippen LogP contribution in [0.25, 0.3) is 0 Å². The van der Waals surface area contributed by atoms with Gasteiger partial charge >= 0.3 is 0 Å². The molecular formula is C15H15ClN2OS. The van der Waals surface area contributed by atoms with Gasteiger partial charge in [-0.1, -0.05) is 30.7 Å². The van der Waals surface area contributed by atoms with Gasteiger partial charge in [0, 0.05) is 17.4 Å². The van der Waals surface area contributed by atoms with Crippen molar-refractivity contribution in [2.75, 3.05) is 5.75 Å². The summed E-state index contributed by atoms with van der Waals surface area (Å²) in [6.07, 6.45) is 1.28. The highest BCUT2D eigenvalue weighted by atomic mass is 35.5. The van der Waals surface area contributed by atoms with Crippen LogP contribution in [0.3, 0.4) is 0 Å². The van der Waals surface area contributed by atoms with Crippen molar-refractivity contribution in [2.45, 2.75) is 25.7 Å². The number of nitrogens with one attached hydrogen (secondary N) is 1. The van der Waals surface area contributed by atoms with Gasteiger partial charge in [0.25, 0.3) is 0 Å². The number of amides is 1. The van der Waals surface area contributed by atoms with E-state index in [0.717, 1.165) is 17.7 Å². The number of hydrogen-bond acceptors (Lipinski definition) is 3. The zero-order valence-corrected chi connectivity index (χ0v) is 12.7. The van der Waals surface area contributed by atoms with E-state index >= 15 is 0 Å². The molecule has 1 heterocycles. The maximum absolute atomic E-state index is 11.9. The van der Waals surface area contributed by atoms with E-state index in [0.29, 0.717) is 22.0 Å². The number of halogens is 1. The van der Waals surface area contributed by atoms with Crippen LogP contribution in [-0.2, 0) is 4.79 Å². The Morgan fingerprint density at radius 1 is 1.55 bits per heavy atom. The Morgan fingerprint density at radius 3 is 3.00 bits per heavy atom. The lowest BCUT2D eigenvalue weighted by atomic mass is 9.87. The van der Waals surface area contributed by atoms with Gasteiger partial charge in [0.15, 0.2) is 0 Å². The summed E-state index contributed by atoms with van der Waals surface area (Å²) >= 11 is 7.54. The largest absolute Gasteiger partial charge is 0.320 e. The van der Waals surface area contributed by atoms with E-state index in [2.05, 4.69) is 18.3 Å². The Labute approximate surface area is 128 Å². The quantitative estimate of drug-likeness (QED) is 0.920. The van der Waals surface area contributed by atoms with E-state index in [1.54, 1.807) is 6.07 Å². The second-order valence-electron chi connectivity index (χ2n) is 4.56. The van der Waals surface area contributed by atoms with Gasteiger partial charge in [-0.15, -0.1) is 11.8 Å². The molecule has 1 aromatic carbocycles. The average molecular weight is 307 g/mol. The van der Waals surface area contributed by atoms with Crippen molar-refractivity contribution < 1.29 is 4.79 Å². The molecule has 0 unspecified atom stereocenters. The van der Waals surface area contributed by atoms with E-state index in [9.17, 15) is 10.1 Å². The fraction of sp³-hybridized carbons (Fsp3) is 0.333. The fourth-order valence-electron chi connectivity index (χ4n) is 2.15. The summed E-state index contributed by atoms with van der Waals surface area (Å²) < 4.78 is 0. The van der Waals surface area contributed by atoms with Gasteiger partial charge < -0.3 is 5.32 Å². The molecule has 0 radical (unpaired) electrons. The van der Waals surface area contributed by atoms with Crippen molar-refractivity contribution in [1.82, 2.24) is 5.32 Å². The highest BCUT2D eigenvalue weighted by molar-refractivity contribution is 8.03. The molecule has 1 amide bonds. The minimum atomic E-state index is -0.202. The summed E-state index contributed by atoms with van der Waals surface area (Å²) in [5.74, 6) is 0.627. The van der Waals surface area contributed by atoms with Crippen molar-refractivity contribution in [3.05, 3.63) is 45.5 Å². The molecule has 5 heteroatoms. The summed E-state index contributed by atoms with van der Waals surface area (Å²) in [7, 11) is 0. The summed E-state index contributed by atoms with van der Waals surface area (Å²) in [6.45, 7) is 2.07. The van der Waals surface area contributed by atoms with Crippen molar-refractivity contribution in [1.29, 1.82) is 5.26 Å². The van der Waals surface area contributed by atoms with Gasteiger partial charge in [0.2, 0.25) is 5.91 Å². The molecule has 0 aliphatic carbocycles. The van der Waals surface area contributed by atoms with Crippen molar-refractivity contribution in [2.24, 2.45) is 0 Å². The first-order valence-electron chi connectivity index (χ1n) is 6.48. The van der Waals surface area contributed by atoms with Gasteiger partial charge in [-0.2, -0.15) is 5.26 Å².